The molecule has 0 radical (unpaired) electrons. The van der Waals surface area contributed by atoms with E-state index in [1.807, 2.05) is 25.1 Å². The molecule has 3 aromatic carbocycles. The predicted molar refractivity (Wildman–Crippen MR) is 120 cm³/mol. The van der Waals surface area contributed by atoms with Crippen LogP contribution >= 0.6 is 0 Å². The van der Waals surface area contributed by atoms with Crippen LogP contribution in [0.3, 0.4) is 0 Å². The Morgan fingerprint density at radius 3 is 1.87 bits per heavy atom. The zero-order chi connectivity index (χ0) is 20.6. The minimum absolute atomic E-state index is 0.784. The van der Waals surface area contributed by atoms with E-state index in [-0.39, 0.29) is 0 Å². The zero-order valence-electron chi connectivity index (χ0n) is 17.2. The lowest BCUT2D eigenvalue weighted by atomic mass is 9.93. The second-order valence-electron chi connectivity index (χ2n) is 7.82. The molecule has 0 unspecified atom stereocenters. The molecule has 1 aliphatic heterocycles. The molecule has 2 heterocycles. The molecule has 0 bridgehead atoms. The molecule has 1 aliphatic rings. The molecule has 0 aliphatic carbocycles. The number of aryl methyl sites for hydroxylation is 1. The van der Waals surface area contributed by atoms with Crippen LogP contribution in [0.15, 0.2) is 103 Å². The van der Waals surface area contributed by atoms with Crippen LogP contribution < -0.4 is 0 Å². The summed E-state index contributed by atoms with van der Waals surface area (Å²) in [5.41, 5.74) is 5.59. The summed E-state index contributed by atoms with van der Waals surface area (Å²) in [6.45, 7) is 4.20. The lowest BCUT2D eigenvalue weighted by Gasteiger charge is -2.36. The summed E-state index contributed by atoms with van der Waals surface area (Å²) in [6, 6.07) is 33.3. The highest BCUT2D eigenvalue weighted by Gasteiger charge is 2.44. The molecular formula is C27H24N2O. The molecule has 0 amide bonds. The van der Waals surface area contributed by atoms with Crippen LogP contribution in [0.5, 0.6) is 0 Å². The third-order valence-corrected chi connectivity index (χ3v) is 5.65. The average molecular weight is 393 g/mol. The van der Waals surface area contributed by atoms with Crippen molar-refractivity contribution in [1.82, 2.24) is 9.78 Å². The van der Waals surface area contributed by atoms with Crippen LogP contribution in [0.2, 0.25) is 0 Å². The zero-order valence-corrected chi connectivity index (χ0v) is 17.2. The van der Waals surface area contributed by atoms with Gasteiger partial charge in [0, 0.05) is 28.8 Å². The Morgan fingerprint density at radius 1 is 0.767 bits per heavy atom. The third kappa shape index (κ3) is 2.94. The molecule has 0 saturated heterocycles. The fourth-order valence-corrected chi connectivity index (χ4v) is 4.33. The molecule has 0 saturated carbocycles. The van der Waals surface area contributed by atoms with Crippen molar-refractivity contribution in [1.29, 1.82) is 0 Å². The van der Waals surface area contributed by atoms with Crippen LogP contribution in [0.1, 0.15) is 35.0 Å². The number of ether oxygens (including phenoxy) is 1. The number of benzene rings is 3. The van der Waals surface area contributed by atoms with Crippen LogP contribution in [0, 0.1) is 6.92 Å². The summed E-state index contributed by atoms with van der Waals surface area (Å²) in [7, 11) is 0. The summed E-state index contributed by atoms with van der Waals surface area (Å²) >= 11 is 0. The second kappa shape index (κ2) is 7.34. The number of nitrogens with zero attached hydrogens (tertiary/aromatic N) is 2. The van der Waals surface area contributed by atoms with Crippen LogP contribution in [-0.4, -0.2) is 9.78 Å². The first-order chi connectivity index (χ1) is 14.7. The predicted octanol–water partition coefficient (Wildman–Crippen LogP) is 5.94. The summed E-state index contributed by atoms with van der Waals surface area (Å²) in [5.74, 6) is 0.909. The Kier molecular flexibility index (Phi) is 4.51. The second-order valence-corrected chi connectivity index (χ2v) is 7.82. The van der Waals surface area contributed by atoms with Crippen molar-refractivity contribution in [2.75, 3.05) is 0 Å². The van der Waals surface area contributed by atoms with Gasteiger partial charge in [0.2, 0.25) is 0 Å². The van der Waals surface area contributed by atoms with Crippen molar-refractivity contribution in [2.24, 2.45) is 0 Å². The number of fused-ring (bicyclic) bond motifs is 1. The van der Waals surface area contributed by atoms with Crippen molar-refractivity contribution in [2.45, 2.75) is 26.0 Å². The van der Waals surface area contributed by atoms with Crippen LogP contribution in [0.25, 0.3) is 5.76 Å². The first-order valence-electron chi connectivity index (χ1n) is 10.3. The highest BCUT2D eigenvalue weighted by Crippen LogP contribution is 2.43. The number of allylic oxidation sites excluding steroid dienone is 1. The average Bonchev–Trinajstić information content (AvgIpc) is 3.11. The molecule has 5 rings (SSSR count). The van der Waals surface area contributed by atoms with Gasteiger partial charge >= 0.3 is 0 Å². The minimum Gasteiger partial charge on any atom is -0.457 e. The van der Waals surface area contributed by atoms with Gasteiger partial charge in [-0.15, -0.1) is 0 Å². The van der Waals surface area contributed by atoms with Crippen LogP contribution in [0.4, 0.5) is 0 Å². The van der Waals surface area contributed by atoms with Crippen molar-refractivity contribution in [3.63, 3.8) is 0 Å². The molecule has 3 heteroatoms. The van der Waals surface area contributed by atoms with Crippen molar-refractivity contribution >= 4 is 5.76 Å². The smallest absolute Gasteiger partial charge is 0.254 e. The Morgan fingerprint density at radius 2 is 1.30 bits per heavy atom. The van der Waals surface area contributed by atoms with E-state index in [9.17, 15) is 0 Å². The van der Waals surface area contributed by atoms with Gasteiger partial charge < -0.3 is 4.74 Å². The quantitative estimate of drug-likeness (QED) is 0.431. The molecule has 1 aromatic heterocycles. The number of hydrogen-bond acceptors (Lipinski definition) is 2. The van der Waals surface area contributed by atoms with Crippen molar-refractivity contribution in [3.05, 3.63) is 131 Å². The van der Waals surface area contributed by atoms with E-state index in [2.05, 4.69) is 90.5 Å². The third-order valence-electron chi connectivity index (χ3n) is 5.65. The van der Waals surface area contributed by atoms with Gasteiger partial charge in [0.1, 0.15) is 5.76 Å². The van der Waals surface area contributed by atoms with E-state index >= 15 is 0 Å². The molecular weight excluding hydrogens is 368 g/mol. The normalized spacial score (nSPS) is 15.3. The van der Waals surface area contributed by atoms with E-state index in [4.69, 9.17) is 9.84 Å². The maximum absolute atomic E-state index is 7.09. The van der Waals surface area contributed by atoms with Crippen molar-refractivity contribution < 1.29 is 4.74 Å². The minimum atomic E-state index is -0.894. The first kappa shape index (κ1) is 18.4. The van der Waals surface area contributed by atoms with Gasteiger partial charge in [0.15, 0.2) is 0 Å². The largest absolute Gasteiger partial charge is 0.457 e. The number of aromatic nitrogens is 2. The van der Waals surface area contributed by atoms with Crippen molar-refractivity contribution in [3.8, 4) is 0 Å². The molecule has 0 N–H and O–H groups in total. The molecule has 4 aromatic rings. The maximum atomic E-state index is 7.09. The standard InChI is InChI=1S/C27H24N2O/c1-20-18-25-19-21(2)28-29(25)27(23-14-8-4-9-15-23,24-16-10-5-11-17-24)30-26(20)22-12-6-3-7-13-22/h3-17,19H,18H2,1-2H3. The lowest BCUT2D eigenvalue weighted by molar-refractivity contribution is 0.0343. The Balaban J connectivity index is 1.85. The maximum Gasteiger partial charge on any atom is 0.254 e. The van der Waals surface area contributed by atoms with Gasteiger partial charge in [-0.3, -0.25) is 0 Å². The van der Waals surface area contributed by atoms with Gasteiger partial charge in [-0.1, -0.05) is 91.0 Å². The summed E-state index contributed by atoms with van der Waals surface area (Å²) in [6.07, 6.45) is 0.784. The molecule has 3 nitrogen and oxygen atoms in total. The lowest BCUT2D eigenvalue weighted by Crippen LogP contribution is -2.40. The summed E-state index contributed by atoms with van der Waals surface area (Å²) in [4.78, 5) is 0. The number of hydrogen-bond donors (Lipinski definition) is 0. The Labute approximate surface area is 177 Å². The number of rotatable bonds is 3. The van der Waals surface area contributed by atoms with Gasteiger partial charge in [0.25, 0.3) is 5.72 Å². The van der Waals surface area contributed by atoms with Gasteiger partial charge in [-0.2, -0.15) is 5.10 Å². The SMILES string of the molecule is CC1=C(c2ccccc2)OC(c2ccccc2)(c2ccccc2)n2nc(C)cc2C1. The Bertz CT molecular complexity index is 1150. The molecule has 148 valence electrons. The molecule has 0 atom stereocenters. The summed E-state index contributed by atoms with van der Waals surface area (Å²) < 4.78 is 9.17. The molecule has 0 spiro atoms. The highest BCUT2D eigenvalue weighted by molar-refractivity contribution is 5.65. The first-order valence-corrected chi connectivity index (χ1v) is 10.3. The Hall–Kier alpha value is -3.59. The fourth-order valence-electron chi connectivity index (χ4n) is 4.33. The van der Waals surface area contributed by atoms with E-state index in [0.717, 1.165) is 40.3 Å². The van der Waals surface area contributed by atoms with Gasteiger partial charge in [0.05, 0.1) is 5.69 Å². The van der Waals surface area contributed by atoms with E-state index in [1.54, 1.807) is 0 Å². The topological polar surface area (TPSA) is 27.1 Å². The van der Waals surface area contributed by atoms with E-state index in [0.29, 0.717) is 0 Å². The van der Waals surface area contributed by atoms with E-state index in [1.165, 1.54) is 5.57 Å². The van der Waals surface area contributed by atoms with E-state index < -0.39 is 5.72 Å². The van der Waals surface area contributed by atoms with Crippen LogP contribution in [-0.2, 0) is 16.9 Å². The highest BCUT2D eigenvalue weighted by atomic mass is 16.5. The molecule has 30 heavy (non-hydrogen) atoms. The van der Waals surface area contributed by atoms with Gasteiger partial charge in [-0.25, -0.2) is 4.68 Å². The molecule has 0 fully saturated rings. The monoisotopic (exact) mass is 392 g/mol. The fraction of sp³-hybridized carbons (Fsp3) is 0.148. The van der Waals surface area contributed by atoms with Gasteiger partial charge in [-0.05, 0) is 25.5 Å². The summed E-state index contributed by atoms with van der Waals surface area (Å²) in [5, 5.41) is 4.95.